The lowest BCUT2D eigenvalue weighted by atomic mass is 10.0. The van der Waals surface area contributed by atoms with Gasteiger partial charge in [-0.25, -0.2) is 0 Å². The van der Waals surface area contributed by atoms with Crippen molar-refractivity contribution in [2.75, 3.05) is 28.6 Å². The fourth-order valence-corrected chi connectivity index (χ4v) is 3.16. The monoisotopic (exact) mass is 365 g/mol. The molecule has 5 nitrogen and oxygen atoms in total. The van der Waals surface area contributed by atoms with Crippen LogP contribution in [0.3, 0.4) is 0 Å². The minimum absolute atomic E-state index is 0.233. The summed E-state index contributed by atoms with van der Waals surface area (Å²) in [5.41, 5.74) is 2.72. The second-order valence-corrected chi connectivity index (χ2v) is 7.08. The van der Waals surface area contributed by atoms with Crippen LogP contribution in [-0.2, 0) is 9.59 Å². The van der Waals surface area contributed by atoms with E-state index in [9.17, 15) is 9.59 Å². The first-order chi connectivity index (χ1) is 13.0. The molecule has 1 fully saturated rings. The molecule has 2 N–H and O–H groups in total. The molecule has 5 heteroatoms. The largest absolute Gasteiger partial charge is 0.372 e. The SMILES string of the molecule is CCN(CC)c1ccc(NC(=O)C2(C(=O)Nc3ccc(C)cc3)CC2)cc1. The van der Waals surface area contributed by atoms with E-state index in [1.807, 2.05) is 55.5 Å². The van der Waals surface area contributed by atoms with Crippen LogP contribution in [0.2, 0.25) is 0 Å². The first-order valence-corrected chi connectivity index (χ1v) is 9.53. The van der Waals surface area contributed by atoms with Gasteiger partial charge in [0.15, 0.2) is 0 Å². The molecule has 0 spiro atoms. The molecule has 2 aromatic carbocycles. The highest BCUT2D eigenvalue weighted by molar-refractivity contribution is 6.16. The molecular weight excluding hydrogens is 338 g/mol. The summed E-state index contributed by atoms with van der Waals surface area (Å²) in [5.74, 6) is -0.466. The van der Waals surface area contributed by atoms with Crippen LogP contribution in [0.4, 0.5) is 17.1 Å². The number of anilines is 3. The Kier molecular flexibility index (Phi) is 5.49. The summed E-state index contributed by atoms with van der Waals surface area (Å²) in [7, 11) is 0. The van der Waals surface area contributed by atoms with Gasteiger partial charge in [-0.05, 0) is 70.0 Å². The molecule has 27 heavy (non-hydrogen) atoms. The molecule has 1 saturated carbocycles. The number of benzene rings is 2. The van der Waals surface area contributed by atoms with Gasteiger partial charge in [0, 0.05) is 30.2 Å². The third-order valence-corrected chi connectivity index (χ3v) is 5.18. The van der Waals surface area contributed by atoms with Crippen LogP contribution in [-0.4, -0.2) is 24.9 Å². The Labute approximate surface area is 160 Å². The molecule has 2 amide bonds. The van der Waals surface area contributed by atoms with Gasteiger partial charge in [-0.15, -0.1) is 0 Å². The summed E-state index contributed by atoms with van der Waals surface area (Å²) in [5, 5.41) is 5.78. The Morgan fingerprint density at radius 3 is 1.70 bits per heavy atom. The Morgan fingerprint density at radius 1 is 0.852 bits per heavy atom. The van der Waals surface area contributed by atoms with Crippen LogP contribution in [0.15, 0.2) is 48.5 Å². The van der Waals surface area contributed by atoms with Crippen molar-refractivity contribution in [1.29, 1.82) is 0 Å². The maximum atomic E-state index is 12.7. The van der Waals surface area contributed by atoms with E-state index in [1.165, 1.54) is 0 Å². The van der Waals surface area contributed by atoms with E-state index >= 15 is 0 Å². The van der Waals surface area contributed by atoms with Gasteiger partial charge < -0.3 is 15.5 Å². The summed E-state index contributed by atoms with van der Waals surface area (Å²) >= 11 is 0. The molecule has 0 radical (unpaired) electrons. The molecule has 0 bridgehead atoms. The Bertz CT molecular complexity index is 804. The third kappa shape index (κ3) is 4.13. The van der Waals surface area contributed by atoms with Gasteiger partial charge in [0.1, 0.15) is 5.41 Å². The quantitative estimate of drug-likeness (QED) is 0.723. The van der Waals surface area contributed by atoms with Crippen LogP contribution >= 0.6 is 0 Å². The standard InChI is InChI=1S/C22H27N3O2/c1-4-25(5-2)19-12-10-18(11-13-19)24-21(27)22(14-15-22)20(26)23-17-8-6-16(3)7-9-17/h6-13H,4-5,14-15H2,1-3H3,(H,23,26)(H,24,27). The van der Waals surface area contributed by atoms with Crippen LogP contribution in [0, 0.1) is 12.3 Å². The molecule has 2 aromatic rings. The summed E-state index contributed by atoms with van der Waals surface area (Å²) in [4.78, 5) is 27.6. The molecule has 142 valence electrons. The molecule has 0 aliphatic heterocycles. The summed E-state index contributed by atoms with van der Waals surface area (Å²) in [6.07, 6.45) is 1.15. The highest BCUT2D eigenvalue weighted by atomic mass is 16.2. The van der Waals surface area contributed by atoms with Crippen molar-refractivity contribution >= 4 is 28.9 Å². The number of carbonyl (C=O) groups is 2. The maximum absolute atomic E-state index is 12.7. The Hall–Kier alpha value is -2.82. The predicted octanol–water partition coefficient (Wildman–Crippen LogP) is 4.20. The zero-order chi connectivity index (χ0) is 19.4. The van der Waals surface area contributed by atoms with E-state index in [1.54, 1.807) is 0 Å². The van der Waals surface area contributed by atoms with Gasteiger partial charge in [0.25, 0.3) is 0 Å². The zero-order valence-corrected chi connectivity index (χ0v) is 16.2. The smallest absolute Gasteiger partial charge is 0.240 e. The zero-order valence-electron chi connectivity index (χ0n) is 16.2. The van der Waals surface area contributed by atoms with Crippen molar-refractivity contribution in [1.82, 2.24) is 0 Å². The maximum Gasteiger partial charge on any atom is 0.240 e. The fraction of sp³-hybridized carbons (Fsp3) is 0.364. The van der Waals surface area contributed by atoms with Crippen LogP contribution < -0.4 is 15.5 Å². The molecule has 0 saturated heterocycles. The van der Waals surface area contributed by atoms with Crippen molar-refractivity contribution in [3.63, 3.8) is 0 Å². The molecular formula is C22H27N3O2. The molecule has 0 atom stereocenters. The van der Waals surface area contributed by atoms with E-state index in [-0.39, 0.29) is 11.8 Å². The van der Waals surface area contributed by atoms with Crippen molar-refractivity contribution in [2.24, 2.45) is 5.41 Å². The minimum Gasteiger partial charge on any atom is -0.372 e. The highest BCUT2D eigenvalue weighted by Crippen LogP contribution is 2.47. The van der Waals surface area contributed by atoms with Gasteiger partial charge in [0.2, 0.25) is 11.8 Å². The van der Waals surface area contributed by atoms with Crippen LogP contribution in [0.1, 0.15) is 32.3 Å². The van der Waals surface area contributed by atoms with Gasteiger partial charge in [-0.3, -0.25) is 9.59 Å². The van der Waals surface area contributed by atoms with Gasteiger partial charge >= 0.3 is 0 Å². The number of aryl methyl sites for hydroxylation is 1. The second kappa shape index (κ2) is 7.82. The number of carbonyl (C=O) groups excluding carboxylic acids is 2. The molecule has 1 aliphatic carbocycles. The van der Waals surface area contributed by atoms with Crippen LogP contribution in [0.5, 0.6) is 0 Å². The lowest BCUT2D eigenvalue weighted by Crippen LogP contribution is -2.35. The average molecular weight is 365 g/mol. The third-order valence-electron chi connectivity index (χ3n) is 5.18. The normalized spacial score (nSPS) is 14.3. The van der Waals surface area contributed by atoms with E-state index < -0.39 is 5.41 Å². The van der Waals surface area contributed by atoms with Gasteiger partial charge in [-0.1, -0.05) is 17.7 Å². The van der Waals surface area contributed by atoms with E-state index in [0.29, 0.717) is 24.2 Å². The lowest BCUT2D eigenvalue weighted by Gasteiger charge is -2.21. The Morgan fingerprint density at radius 2 is 1.30 bits per heavy atom. The lowest BCUT2D eigenvalue weighted by molar-refractivity contribution is -0.131. The summed E-state index contributed by atoms with van der Waals surface area (Å²) in [6.45, 7) is 8.09. The van der Waals surface area contributed by atoms with E-state index in [0.717, 1.165) is 24.3 Å². The predicted molar refractivity (Wildman–Crippen MR) is 110 cm³/mol. The number of amides is 2. The topological polar surface area (TPSA) is 61.4 Å². The first-order valence-electron chi connectivity index (χ1n) is 9.53. The number of hydrogen-bond donors (Lipinski definition) is 2. The number of nitrogens with one attached hydrogen (secondary N) is 2. The summed E-state index contributed by atoms with van der Waals surface area (Å²) < 4.78 is 0. The fourth-order valence-electron chi connectivity index (χ4n) is 3.16. The molecule has 3 rings (SSSR count). The number of rotatable bonds is 7. The summed E-state index contributed by atoms with van der Waals surface area (Å²) in [6, 6.07) is 15.3. The van der Waals surface area contributed by atoms with Crippen molar-refractivity contribution < 1.29 is 9.59 Å². The first kappa shape index (κ1) is 19.0. The van der Waals surface area contributed by atoms with Crippen molar-refractivity contribution in [3.8, 4) is 0 Å². The minimum atomic E-state index is -0.956. The van der Waals surface area contributed by atoms with Gasteiger partial charge in [-0.2, -0.15) is 0 Å². The highest BCUT2D eigenvalue weighted by Gasteiger charge is 2.56. The van der Waals surface area contributed by atoms with E-state index in [2.05, 4.69) is 29.4 Å². The molecule has 0 unspecified atom stereocenters. The van der Waals surface area contributed by atoms with Crippen molar-refractivity contribution in [3.05, 3.63) is 54.1 Å². The Balaban J connectivity index is 1.64. The van der Waals surface area contributed by atoms with E-state index in [4.69, 9.17) is 0 Å². The second-order valence-electron chi connectivity index (χ2n) is 7.08. The van der Waals surface area contributed by atoms with Gasteiger partial charge in [0.05, 0.1) is 0 Å². The molecule has 0 aromatic heterocycles. The average Bonchev–Trinajstić information content (AvgIpc) is 3.48. The van der Waals surface area contributed by atoms with Crippen LogP contribution in [0.25, 0.3) is 0 Å². The van der Waals surface area contributed by atoms with Crippen molar-refractivity contribution in [2.45, 2.75) is 33.6 Å². The molecule has 1 aliphatic rings. The molecule has 0 heterocycles. The number of nitrogens with zero attached hydrogens (tertiary/aromatic N) is 1. The number of hydrogen-bond acceptors (Lipinski definition) is 3.